The Balaban J connectivity index is 1.87. The van der Waals surface area contributed by atoms with Crippen molar-refractivity contribution in [3.8, 4) is 0 Å². The quantitative estimate of drug-likeness (QED) is 0.712. The molecule has 2 aromatic carbocycles. The van der Waals surface area contributed by atoms with Gasteiger partial charge in [0.25, 0.3) is 11.8 Å². The van der Waals surface area contributed by atoms with Crippen molar-refractivity contribution < 1.29 is 9.59 Å². The average Bonchev–Trinajstić information content (AvgIpc) is 3.25. The van der Waals surface area contributed by atoms with Crippen LogP contribution in [-0.4, -0.2) is 29.8 Å². The minimum Gasteiger partial charge on any atom is -0.366 e. The van der Waals surface area contributed by atoms with Gasteiger partial charge in [-0.3, -0.25) is 9.59 Å². The highest BCUT2D eigenvalue weighted by Crippen LogP contribution is 2.38. The lowest BCUT2D eigenvalue weighted by molar-refractivity contribution is -0.120. The number of anilines is 1. The van der Waals surface area contributed by atoms with Crippen LogP contribution in [0.5, 0.6) is 0 Å². The van der Waals surface area contributed by atoms with E-state index in [0.29, 0.717) is 22.0 Å². The van der Waals surface area contributed by atoms with Crippen molar-refractivity contribution in [2.75, 3.05) is 18.0 Å². The van der Waals surface area contributed by atoms with Crippen molar-refractivity contribution in [1.29, 1.82) is 0 Å². The summed E-state index contributed by atoms with van der Waals surface area (Å²) in [6.07, 6.45) is 2.07. The van der Waals surface area contributed by atoms with E-state index in [-0.39, 0.29) is 11.8 Å². The van der Waals surface area contributed by atoms with Crippen LogP contribution in [-0.2, 0) is 9.59 Å². The maximum atomic E-state index is 13.5. The molecule has 0 bridgehead atoms. The zero-order valence-corrected chi connectivity index (χ0v) is 17.1. The molecule has 1 fully saturated rings. The lowest BCUT2D eigenvalue weighted by Crippen LogP contribution is -2.35. The fourth-order valence-electron chi connectivity index (χ4n) is 4.00. The Kier molecular flexibility index (Phi) is 4.76. The Hall–Kier alpha value is -2.59. The molecule has 0 aliphatic carbocycles. The van der Waals surface area contributed by atoms with Gasteiger partial charge in [0.1, 0.15) is 5.70 Å². The highest BCUT2D eigenvalue weighted by atomic mass is 35.5. The Morgan fingerprint density at radius 2 is 1.54 bits per heavy atom. The maximum Gasteiger partial charge on any atom is 0.282 e. The molecule has 0 aromatic heterocycles. The second-order valence-corrected chi connectivity index (χ2v) is 8.03. The van der Waals surface area contributed by atoms with Gasteiger partial charge in [0.05, 0.1) is 11.3 Å². The summed E-state index contributed by atoms with van der Waals surface area (Å²) >= 11 is 6.08. The number of carbonyl (C=O) groups is 2. The zero-order valence-electron chi connectivity index (χ0n) is 16.4. The van der Waals surface area contributed by atoms with Gasteiger partial charge in [-0.25, -0.2) is 4.90 Å². The topological polar surface area (TPSA) is 40.6 Å². The third kappa shape index (κ3) is 3.02. The first kappa shape index (κ1) is 18.8. The van der Waals surface area contributed by atoms with Crippen LogP contribution in [0.15, 0.2) is 42.1 Å². The molecule has 144 valence electrons. The number of aryl methyl sites for hydroxylation is 3. The van der Waals surface area contributed by atoms with E-state index >= 15 is 0 Å². The summed E-state index contributed by atoms with van der Waals surface area (Å²) in [5.41, 5.74) is 5.49. The summed E-state index contributed by atoms with van der Waals surface area (Å²) in [6, 6.07) is 11.2. The van der Waals surface area contributed by atoms with Crippen LogP contribution in [0.3, 0.4) is 0 Å². The number of benzene rings is 2. The number of amides is 2. The van der Waals surface area contributed by atoms with E-state index in [2.05, 4.69) is 4.90 Å². The van der Waals surface area contributed by atoms with Gasteiger partial charge in [-0.05, 0) is 74.1 Å². The SMILES string of the molecule is Cc1ccc(C2=C(N3CCCC3)C(=O)N(c3ccc(Cl)cc3C)C2=O)cc1C. The number of imide groups is 1. The normalized spacial score (nSPS) is 17.3. The molecule has 1 saturated heterocycles. The summed E-state index contributed by atoms with van der Waals surface area (Å²) < 4.78 is 0. The molecule has 2 aromatic rings. The predicted octanol–water partition coefficient (Wildman–Crippen LogP) is 4.65. The third-order valence-corrected chi connectivity index (χ3v) is 5.91. The Morgan fingerprint density at radius 3 is 2.18 bits per heavy atom. The number of hydrogen-bond acceptors (Lipinski definition) is 3. The van der Waals surface area contributed by atoms with Crippen molar-refractivity contribution in [2.24, 2.45) is 0 Å². The standard InChI is InChI=1S/C23H23ClN2O2/c1-14-6-7-17(12-15(14)2)20-21(25-10-4-5-11-25)23(28)26(22(20)27)19-9-8-18(24)13-16(19)3/h6-9,12-13H,4-5,10-11H2,1-3H3. The van der Waals surface area contributed by atoms with Gasteiger partial charge in [-0.2, -0.15) is 0 Å². The Bertz CT molecular complexity index is 1020. The fraction of sp³-hybridized carbons (Fsp3) is 0.304. The lowest BCUT2D eigenvalue weighted by Gasteiger charge is -2.21. The van der Waals surface area contributed by atoms with Gasteiger partial charge in [-0.1, -0.05) is 29.8 Å². The zero-order chi connectivity index (χ0) is 20.0. The summed E-state index contributed by atoms with van der Waals surface area (Å²) in [5.74, 6) is -0.508. The van der Waals surface area contributed by atoms with E-state index in [1.807, 2.05) is 39.0 Å². The minimum absolute atomic E-state index is 0.245. The van der Waals surface area contributed by atoms with Gasteiger partial charge in [0, 0.05) is 18.1 Å². The number of rotatable bonds is 3. The molecule has 2 aliphatic heterocycles. The smallest absolute Gasteiger partial charge is 0.282 e. The molecule has 2 amide bonds. The van der Waals surface area contributed by atoms with Crippen LogP contribution in [0.1, 0.15) is 35.1 Å². The van der Waals surface area contributed by atoms with Crippen molar-refractivity contribution in [1.82, 2.24) is 4.90 Å². The average molecular weight is 395 g/mol. The molecule has 0 radical (unpaired) electrons. The van der Waals surface area contributed by atoms with E-state index < -0.39 is 0 Å². The van der Waals surface area contributed by atoms with Crippen LogP contribution in [0.4, 0.5) is 5.69 Å². The highest BCUT2D eigenvalue weighted by molar-refractivity contribution is 6.45. The van der Waals surface area contributed by atoms with E-state index in [4.69, 9.17) is 11.6 Å². The van der Waals surface area contributed by atoms with Crippen LogP contribution in [0, 0.1) is 20.8 Å². The summed E-state index contributed by atoms with van der Waals surface area (Å²) in [4.78, 5) is 30.3. The van der Waals surface area contributed by atoms with E-state index in [1.165, 1.54) is 4.90 Å². The molecular formula is C23H23ClN2O2. The van der Waals surface area contributed by atoms with Crippen molar-refractivity contribution in [2.45, 2.75) is 33.6 Å². The van der Waals surface area contributed by atoms with E-state index in [9.17, 15) is 9.59 Å². The third-order valence-electron chi connectivity index (χ3n) is 5.68. The minimum atomic E-state index is -0.263. The van der Waals surface area contributed by atoms with E-state index in [1.54, 1.807) is 18.2 Å². The number of hydrogen-bond donors (Lipinski definition) is 0. The molecule has 0 unspecified atom stereocenters. The van der Waals surface area contributed by atoms with Gasteiger partial charge in [-0.15, -0.1) is 0 Å². The first-order chi connectivity index (χ1) is 13.4. The molecule has 2 aliphatic rings. The highest BCUT2D eigenvalue weighted by Gasteiger charge is 2.43. The summed E-state index contributed by atoms with van der Waals surface area (Å²) in [7, 11) is 0. The van der Waals surface area contributed by atoms with Crippen molar-refractivity contribution in [3.05, 3.63) is 69.4 Å². The van der Waals surface area contributed by atoms with Crippen molar-refractivity contribution in [3.63, 3.8) is 0 Å². The molecule has 4 rings (SSSR count). The van der Waals surface area contributed by atoms with Gasteiger partial charge in [0.15, 0.2) is 0 Å². The number of carbonyl (C=O) groups excluding carboxylic acids is 2. The Morgan fingerprint density at radius 1 is 0.821 bits per heavy atom. The Labute approximate surface area is 170 Å². The van der Waals surface area contributed by atoms with Crippen LogP contribution >= 0.6 is 11.6 Å². The monoisotopic (exact) mass is 394 g/mol. The molecule has 5 heteroatoms. The van der Waals surface area contributed by atoms with Gasteiger partial charge in [0.2, 0.25) is 0 Å². The van der Waals surface area contributed by atoms with Crippen LogP contribution in [0.2, 0.25) is 5.02 Å². The van der Waals surface area contributed by atoms with Gasteiger partial charge < -0.3 is 4.90 Å². The molecule has 2 heterocycles. The second-order valence-electron chi connectivity index (χ2n) is 7.59. The molecule has 28 heavy (non-hydrogen) atoms. The maximum absolute atomic E-state index is 13.5. The predicted molar refractivity (Wildman–Crippen MR) is 112 cm³/mol. The lowest BCUT2D eigenvalue weighted by atomic mass is 9.99. The summed E-state index contributed by atoms with van der Waals surface area (Å²) in [6.45, 7) is 7.54. The van der Waals surface area contributed by atoms with E-state index in [0.717, 1.165) is 48.2 Å². The first-order valence-corrected chi connectivity index (χ1v) is 9.98. The molecule has 0 spiro atoms. The number of likely N-dealkylation sites (tertiary alicyclic amines) is 1. The molecule has 0 N–H and O–H groups in total. The van der Waals surface area contributed by atoms with Gasteiger partial charge >= 0.3 is 0 Å². The first-order valence-electron chi connectivity index (χ1n) is 9.60. The molecular weight excluding hydrogens is 372 g/mol. The molecule has 0 atom stereocenters. The van der Waals surface area contributed by atoms with Crippen LogP contribution < -0.4 is 4.90 Å². The van der Waals surface area contributed by atoms with Crippen molar-refractivity contribution >= 4 is 34.7 Å². The number of halogens is 1. The second kappa shape index (κ2) is 7.10. The summed E-state index contributed by atoms with van der Waals surface area (Å²) in [5, 5.41) is 0.586. The van der Waals surface area contributed by atoms with Crippen LogP contribution in [0.25, 0.3) is 5.57 Å². The molecule has 0 saturated carbocycles. The molecule has 4 nitrogen and oxygen atoms in total. The largest absolute Gasteiger partial charge is 0.366 e. The number of nitrogens with zero attached hydrogens (tertiary/aromatic N) is 2. The fourth-order valence-corrected chi connectivity index (χ4v) is 4.22.